The second-order valence-corrected chi connectivity index (χ2v) is 8.12. The molecule has 0 aliphatic rings. The molecule has 0 saturated heterocycles. The number of benzene rings is 2. The predicted molar refractivity (Wildman–Crippen MR) is 104 cm³/mol. The van der Waals surface area contributed by atoms with Crippen molar-refractivity contribution in [2.45, 2.75) is 63.2 Å². The number of unbranched alkanes of at least 4 members (excludes halogenated alkanes) is 6. The molecule has 2 aromatic rings. The Morgan fingerprint density at radius 3 is 2.14 bits per heavy atom. The van der Waals surface area contributed by atoms with E-state index in [9.17, 15) is 13.5 Å². The van der Waals surface area contributed by atoms with Gasteiger partial charge in [-0.1, -0.05) is 69.4 Å². The summed E-state index contributed by atoms with van der Waals surface area (Å²) in [5, 5.41) is 11.8. The molecule has 0 fully saturated rings. The van der Waals surface area contributed by atoms with Crippen molar-refractivity contribution >= 4 is 10.1 Å². The SMILES string of the molecule is CCCCCCCCCc1ccc(Oc2cc(S(=O)(=O)O)ccc2[O-])cc1.[Na+]. The third kappa shape index (κ3) is 8.53. The Balaban J connectivity index is 0.00000392. The normalized spacial score (nSPS) is 11.1. The van der Waals surface area contributed by atoms with Crippen molar-refractivity contribution < 1.29 is 52.4 Å². The van der Waals surface area contributed by atoms with E-state index in [4.69, 9.17) is 9.29 Å². The molecule has 0 radical (unpaired) electrons. The van der Waals surface area contributed by atoms with E-state index in [0.29, 0.717) is 5.75 Å². The van der Waals surface area contributed by atoms with Gasteiger partial charge in [-0.05, 0) is 36.6 Å². The summed E-state index contributed by atoms with van der Waals surface area (Å²) in [4.78, 5) is -0.368. The maximum absolute atomic E-state index is 11.8. The molecule has 0 heterocycles. The minimum absolute atomic E-state index is 0. The molecular formula is C21H27NaO5S. The summed E-state index contributed by atoms with van der Waals surface area (Å²) in [6.45, 7) is 2.22. The van der Waals surface area contributed by atoms with Gasteiger partial charge in [0.2, 0.25) is 0 Å². The van der Waals surface area contributed by atoms with Gasteiger partial charge >= 0.3 is 29.6 Å². The van der Waals surface area contributed by atoms with Gasteiger partial charge in [0.1, 0.15) is 11.5 Å². The van der Waals surface area contributed by atoms with Crippen LogP contribution in [-0.4, -0.2) is 13.0 Å². The standard InChI is InChI=1S/C21H28O5S.Na/c1-2-3-4-5-6-7-8-9-17-10-12-18(13-11-17)26-21-16-19(27(23,24)25)14-15-20(21)22;/h10-16,22H,2-9H2,1H3,(H,23,24,25);/q;+1/p-1. The van der Waals surface area contributed by atoms with Crippen LogP contribution in [0, 0.1) is 0 Å². The Morgan fingerprint density at radius 2 is 1.54 bits per heavy atom. The molecule has 28 heavy (non-hydrogen) atoms. The van der Waals surface area contributed by atoms with E-state index < -0.39 is 15.9 Å². The van der Waals surface area contributed by atoms with Gasteiger partial charge in [-0.25, -0.2) is 0 Å². The third-order valence-corrected chi connectivity index (χ3v) is 5.28. The van der Waals surface area contributed by atoms with Crippen molar-refractivity contribution in [2.75, 3.05) is 0 Å². The first-order chi connectivity index (χ1) is 12.9. The maximum Gasteiger partial charge on any atom is 1.00 e. The number of hydrogen-bond donors (Lipinski definition) is 1. The molecule has 0 saturated carbocycles. The van der Waals surface area contributed by atoms with Crippen LogP contribution in [0.3, 0.4) is 0 Å². The molecule has 148 valence electrons. The quantitative estimate of drug-likeness (QED) is 0.346. The van der Waals surface area contributed by atoms with Crippen LogP contribution in [0.1, 0.15) is 57.4 Å². The molecule has 0 atom stereocenters. The van der Waals surface area contributed by atoms with Crippen LogP contribution < -0.4 is 39.4 Å². The average molecular weight is 414 g/mol. The van der Waals surface area contributed by atoms with E-state index in [1.165, 1.54) is 44.1 Å². The summed E-state index contributed by atoms with van der Waals surface area (Å²) >= 11 is 0. The van der Waals surface area contributed by atoms with Crippen molar-refractivity contribution in [1.29, 1.82) is 0 Å². The van der Waals surface area contributed by atoms with Crippen LogP contribution >= 0.6 is 0 Å². The minimum atomic E-state index is -4.38. The summed E-state index contributed by atoms with van der Waals surface area (Å²) < 4.78 is 37.0. The fourth-order valence-corrected chi connectivity index (χ4v) is 3.36. The van der Waals surface area contributed by atoms with Crippen molar-refractivity contribution in [1.82, 2.24) is 0 Å². The third-order valence-electron chi connectivity index (χ3n) is 4.43. The van der Waals surface area contributed by atoms with Gasteiger partial charge in [-0.2, -0.15) is 8.42 Å². The van der Waals surface area contributed by atoms with Gasteiger partial charge in [-0.15, -0.1) is 0 Å². The molecule has 0 unspecified atom stereocenters. The van der Waals surface area contributed by atoms with Crippen molar-refractivity contribution in [2.24, 2.45) is 0 Å². The molecule has 0 bridgehead atoms. The first-order valence-electron chi connectivity index (χ1n) is 9.45. The van der Waals surface area contributed by atoms with Crippen LogP contribution in [0.5, 0.6) is 17.2 Å². The van der Waals surface area contributed by atoms with Gasteiger partial charge in [0.15, 0.2) is 0 Å². The van der Waals surface area contributed by atoms with Crippen molar-refractivity contribution in [3.05, 3.63) is 48.0 Å². The maximum atomic E-state index is 11.8. The summed E-state index contributed by atoms with van der Waals surface area (Å²) in [5.41, 5.74) is 1.20. The molecule has 2 aromatic carbocycles. The fourth-order valence-electron chi connectivity index (χ4n) is 2.87. The molecule has 5 nitrogen and oxygen atoms in total. The summed E-state index contributed by atoms with van der Waals surface area (Å²) in [6, 6.07) is 10.6. The smallest absolute Gasteiger partial charge is 0.870 e. The van der Waals surface area contributed by atoms with Gasteiger partial charge in [0.05, 0.1) is 4.90 Å². The molecule has 2 rings (SSSR count). The second kappa shape index (κ2) is 12.5. The zero-order chi connectivity index (χ0) is 19.7. The van der Waals surface area contributed by atoms with E-state index in [1.54, 1.807) is 12.1 Å². The van der Waals surface area contributed by atoms with Crippen LogP contribution in [0.25, 0.3) is 0 Å². The monoisotopic (exact) mass is 414 g/mol. The van der Waals surface area contributed by atoms with E-state index >= 15 is 0 Å². The Hall–Kier alpha value is -1.05. The first kappa shape index (κ1) is 25.0. The molecule has 0 aliphatic heterocycles. The topological polar surface area (TPSA) is 86.7 Å². The van der Waals surface area contributed by atoms with Crippen LogP contribution in [0.4, 0.5) is 0 Å². The zero-order valence-corrected chi connectivity index (χ0v) is 19.5. The molecule has 7 heteroatoms. The number of hydrogen-bond acceptors (Lipinski definition) is 4. The minimum Gasteiger partial charge on any atom is -0.870 e. The molecule has 1 N–H and O–H groups in total. The number of ether oxygens (including phenoxy) is 1. The van der Waals surface area contributed by atoms with Crippen molar-refractivity contribution in [3.8, 4) is 17.2 Å². The van der Waals surface area contributed by atoms with Gasteiger partial charge in [0, 0.05) is 6.07 Å². The predicted octanol–water partition coefficient (Wildman–Crippen LogP) is 2.10. The summed E-state index contributed by atoms with van der Waals surface area (Å²) in [7, 11) is -4.38. The molecule has 0 aromatic heterocycles. The van der Waals surface area contributed by atoms with Gasteiger partial charge in [0.25, 0.3) is 10.1 Å². The summed E-state index contributed by atoms with van der Waals surface area (Å²) in [6.07, 6.45) is 9.86. The fraction of sp³-hybridized carbons (Fsp3) is 0.429. The van der Waals surface area contributed by atoms with Crippen LogP contribution in [0.2, 0.25) is 0 Å². The average Bonchev–Trinajstić information content (AvgIpc) is 2.63. The second-order valence-electron chi connectivity index (χ2n) is 6.70. The Labute approximate surface area is 190 Å². The Kier molecular flexibility index (Phi) is 11.2. The van der Waals surface area contributed by atoms with E-state index in [0.717, 1.165) is 31.0 Å². The van der Waals surface area contributed by atoms with Gasteiger partial charge < -0.3 is 9.84 Å². The molecule has 0 aliphatic carbocycles. The molecule has 0 spiro atoms. The van der Waals surface area contributed by atoms with Gasteiger partial charge in [-0.3, -0.25) is 4.55 Å². The zero-order valence-electron chi connectivity index (χ0n) is 16.7. The molecular weight excluding hydrogens is 387 g/mol. The van der Waals surface area contributed by atoms with Crippen LogP contribution in [-0.2, 0) is 16.5 Å². The Morgan fingerprint density at radius 1 is 0.929 bits per heavy atom. The first-order valence-corrected chi connectivity index (χ1v) is 10.9. The number of aryl methyl sites for hydroxylation is 1. The van der Waals surface area contributed by atoms with E-state index in [-0.39, 0.29) is 40.2 Å². The summed E-state index contributed by atoms with van der Waals surface area (Å²) in [5.74, 6) is -0.137. The van der Waals surface area contributed by atoms with E-state index in [1.807, 2.05) is 12.1 Å². The Bertz CT molecular complexity index is 819. The largest absolute Gasteiger partial charge is 1.00 e. The molecule has 0 amide bonds. The van der Waals surface area contributed by atoms with Crippen molar-refractivity contribution in [3.63, 3.8) is 0 Å². The van der Waals surface area contributed by atoms with E-state index in [2.05, 4.69) is 6.92 Å². The number of rotatable bonds is 11. The van der Waals surface area contributed by atoms with Crippen LogP contribution in [0.15, 0.2) is 47.4 Å².